The Morgan fingerprint density at radius 3 is 2.62 bits per heavy atom. The van der Waals surface area contributed by atoms with E-state index < -0.39 is 0 Å². The number of amides is 1. The van der Waals surface area contributed by atoms with E-state index in [9.17, 15) is 4.79 Å². The minimum absolute atomic E-state index is 0.0698. The summed E-state index contributed by atoms with van der Waals surface area (Å²) in [5.74, 6) is 0.748. The number of aliphatic imine (C=N–C) groups is 1. The number of hydrogen-bond acceptors (Lipinski definition) is 3. The molecule has 0 aromatic heterocycles. The van der Waals surface area contributed by atoms with Crippen LogP contribution in [0.2, 0.25) is 0 Å². The second-order valence-electron chi connectivity index (χ2n) is 8.68. The maximum atomic E-state index is 12.8. The van der Waals surface area contributed by atoms with E-state index >= 15 is 0 Å². The molecule has 2 aromatic carbocycles. The molecule has 1 unspecified atom stereocenters. The van der Waals surface area contributed by atoms with Crippen molar-refractivity contribution in [3.63, 3.8) is 0 Å². The Balaban J connectivity index is 1.37. The Morgan fingerprint density at radius 2 is 1.84 bits per heavy atom. The summed E-state index contributed by atoms with van der Waals surface area (Å²) in [6, 6.07) is 17.2. The number of rotatable bonds is 6. The first-order valence-corrected chi connectivity index (χ1v) is 11.9. The van der Waals surface area contributed by atoms with Gasteiger partial charge in [0.2, 0.25) is 5.91 Å². The zero-order valence-corrected chi connectivity index (χ0v) is 19.3. The summed E-state index contributed by atoms with van der Waals surface area (Å²) in [6.07, 6.45) is 3.45. The number of carbonyl (C=O) groups excluding carboxylic acids is 1. The van der Waals surface area contributed by atoms with Crippen LogP contribution in [0.5, 0.6) is 0 Å². The fourth-order valence-corrected chi connectivity index (χ4v) is 4.53. The van der Waals surface area contributed by atoms with Gasteiger partial charge in [0.05, 0.1) is 6.04 Å². The molecule has 6 nitrogen and oxygen atoms in total. The van der Waals surface area contributed by atoms with Crippen molar-refractivity contribution in [3.8, 4) is 0 Å². The van der Waals surface area contributed by atoms with Crippen LogP contribution < -0.4 is 15.5 Å². The van der Waals surface area contributed by atoms with Crippen molar-refractivity contribution >= 4 is 17.6 Å². The smallest absolute Gasteiger partial charge is 0.244 e. The molecular weight excluding hydrogens is 398 g/mol. The molecule has 1 amide bonds. The molecule has 1 atom stereocenters. The lowest BCUT2D eigenvalue weighted by molar-refractivity contribution is -0.130. The quantitative estimate of drug-likeness (QED) is 0.541. The van der Waals surface area contributed by atoms with Gasteiger partial charge in [0, 0.05) is 38.4 Å². The Labute approximate surface area is 191 Å². The molecule has 0 aliphatic carbocycles. The van der Waals surface area contributed by atoms with Gasteiger partial charge in [-0.25, -0.2) is 4.99 Å². The maximum absolute atomic E-state index is 12.8. The Bertz CT molecular complexity index is 951. The van der Waals surface area contributed by atoms with E-state index in [2.05, 4.69) is 69.9 Å². The highest BCUT2D eigenvalue weighted by Gasteiger charge is 2.20. The molecule has 2 aromatic rings. The highest BCUT2D eigenvalue weighted by Crippen LogP contribution is 2.24. The molecular formula is C26H35N5O. The number of fused-ring (bicyclic) bond motifs is 1. The van der Waals surface area contributed by atoms with Gasteiger partial charge in [-0.3, -0.25) is 4.79 Å². The van der Waals surface area contributed by atoms with E-state index in [1.54, 1.807) is 0 Å². The van der Waals surface area contributed by atoms with Crippen molar-refractivity contribution in [2.75, 3.05) is 37.6 Å². The van der Waals surface area contributed by atoms with Crippen LogP contribution >= 0.6 is 0 Å². The van der Waals surface area contributed by atoms with Gasteiger partial charge < -0.3 is 20.4 Å². The minimum Gasteiger partial charge on any atom is -0.372 e. The zero-order valence-electron chi connectivity index (χ0n) is 19.3. The fourth-order valence-electron chi connectivity index (χ4n) is 4.53. The van der Waals surface area contributed by atoms with Gasteiger partial charge in [0.25, 0.3) is 0 Å². The number of guanidine groups is 1. The normalized spacial score (nSPS) is 17.1. The predicted octanol–water partition coefficient (Wildman–Crippen LogP) is 3.49. The van der Waals surface area contributed by atoms with Crippen LogP contribution in [-0.4, -0.2) is 49.5 Å². The summed E-state index contributed by atoms with van der Waals surface area (Å²) in [5, 5.41) is 6.76. The Hall–Kier alpha value is -3.02. The summed E-state index contributed by atoms with van der Waals surface area (Å²) in [5.41, 5.74) is 5.10. The number of nitrogens with zero attached hydrogens (tertiary/aromatic N) is 3. The standard InChI is InChI=1S/C26H35N5O/c1-3-27-26(28-18-25(32)31-16-13-21-9-4-5-10-23(21)19-31)29-20(2)22-11-8-12-24(17-22)30-14-6-7-15-30/h4-5,8-12,17,20H,3,6-7,13-16,18-19H2,1-2H3,(H2,27,28,29). The summed E-state index contributed by atoms with van der Waals surface area (Å²) in [6.45, 7) is 8.79. The first-order valence-electron chi connectivity index (χ1n) is 11.9. The zero-order chi connectivity index (χ0) is 22.3. The molecule has 6 heteroatoms. The highest BCUT2D eigenvalue weighted by molar-refractivity contribution is 5.85. The first kappa shape index (κ1) is 22.2. The van der Waals surface area contributed by atoms with Crippen LogP contribution in [-0.2, 0) is 17.8 Å². The van der Waals surface area contributed by atoms with Crippen LogP contribution in [0.15, 0.2) is 53.5 Å². The van der Waals surface area contributed by atoms with Gasteiger partial charge in [0.1, 0.15) is 6.54 Å². The SMILES string of the molecule is CCNC(=NCC(=O)N1CCc2ccccc2C1)NC(C)c1cccc(N2CCCC2)c1. The topological polar surface area (TPSA) is 60.0 Å². The van der Waals surface area contributed by atoms with Crippen molar-refractivity contribution in [1.29, 1.82) is 0 Å². The van der Waals surface area contributed by atoms with E-state index in [0.717, 1.165) is 32.6 Å². The van der Waals surface area contributed by atoms with E-state index in [1.165, 1.54) is 35.2 Å². The maximum Gasteiger partial charge on any atom is 0.244 e. The lowest BCUT2D eigenvalue weighted by atomic mass is 10.00. The monoisotopic (exact) mass is 433 g/mol. The van der Waals surface area contributed by atoms with E-state index in [4.69, 9.17) is 0 Å². The van der Waals surface area contributed by atoms with Crippen molar-refractivity contribution in [3.05, 3.63) is 65.2 Å². The largest absolute Gasteiger partial charge is 0.372 e. The molecule has 1 saturated heterocycles. The van der Waals surface area contributed by atoms with Gasteiger partial charge in [-0.15, -0.1) is 0 Å². The third-order valence-corrected chi connectivity index (χ3v) is 6.39. The van der Waals surface area contributed by atoms with Crippen molar-refractivity contribution in [2.24, 2.45) is 4.99 Å². The highest BCUT2D eigenvalue weighted by atomic mass is 16.2. The van der Waals surface area contributed by atoms with Gasteiger partial charge in [-0.1, -0.05) is 36.4 Å². The number of benzene rings is 2. The minimum atomic E-state index is 0.0698. The van der Waals surface area contributed by atoms with E-state index in [0.29, 0.717) is 12.5 Å². The van der Waals surface area contributed by atoms with Crippen molar-refractivity contribution in [2.45, 2.75) is 45.7 Å². The fraction of sp³-hybridized carbons (Fsp3) is 0.462. The summed E-state index contributed by atoms with van der Waals surface area (Å²) < 4.78 is 0. The second-order valence-corrected chi connectivity index (χ2v) is 8.68. The molecule has 2 aliphatic rings. The Kier molecular flexibility index (Phi) is 7.30. The second kappa shape index (κ2) is 10.5. The molecule has 0 saturated carbocycles. The lowest BCUT2D eigenvalue weighted by Crippen LogP contribution is -2.41. The van der Waals surface area contributed by atoms with Gasteiger partial charge in [0.15, 0.2) is 5.96 Å². The average Bonchev–Trinajstić information content (AvgIpc) is 3.37. The third kappa shape index (κ3) is 5.42. The summed E-state index contributed by atoms with van der Waals surface area (Å²) in [7, 11) is 0. The van der Waals surface area contributed by atoms with Crippen LogP contribution in [0.4, 0.5) is 5.69 Å². The number of nitrogens with one attached hydrogen (secondary N) is 2. The van der Waals surface area contributed by atoms with Crippen molar-refractivity contribution < 1.29 is 4.79 Å². The average molecular weight is 434 g/mol. The molecule has 2 heterocycles. The molecule has 0 spiro atoms. The third-order valence-electron chi connectivity index (χ3n) is 6.39. The number of carbonyl (C=O) groups is 1. The molecule has 4 rings (SSSR count). The van der Waals surface area contributed by atoms with Gasteiger partial charge in [-0.05, 0) is 61.9 Å². The lowest BCUT2D eigenvalue weighted by Gasteiger charge is -2.28. The van der Waals surface area contributed by atoms with Crippen LogP contribution in [0.1, 0.15) is 49.4 Å². The van der Waals surface area contributed by atoms with Gasteiger partial charge in [-0.2, -0.15) is 0 Å². The predicted molar refractivity (Wildman–Crippen MR) is 131 cm³/mol. The summed E-state index contributed by atoms with van der Waals surface area (Å²) in [4.78, 5) is 21.8. The first-order chi connectivity index (χ1) is 15.6. The molecule has 2 N–H and O–H groups in total. The van der Waals surface area contributed by atoms with Crippen LogP contribution in [0, 0.1) is 0 Å². The van der Waals surface area contributed by atoms with Gasteiger partial charge >= 0.3 is 0 Å². The number of hydrogen-bond donors (Lipinski definition) is 2. The molecule has 0 bridgehead atoms. The molecule has 0 radical (unpaired) electrons. The molecule has 32 heavy (non-hydrogen) atoms. The van der Waals surface area contributed by atoms with Crippen LogP contribution in [0.3, 0.4) is 0 Å². The molecule has 2 aliphatic heterocycles. The van der Waals surface area contributed by atoms with E-state index in [-0.39, 0.29) is 18.5 Å². The summed E-state index contributed by atoms with van der Waals surface area (Å²) >= 11 is 0. The van der Waals surface area contributed by atoms with E-state index in [1.807, 2.05) is 17.9 Å². The van der Waals surface area contributed by atoms with Crippen LogP contribution in [0.25, 0.3) is 0 Å². The molecule has 170 valence electrons. The number of anilines is 1. The van der Waals surface area contributed by atoms with Crippen molar-refractivity contribution in [1.82, 2.24) is 15.5 Å². The Morgan fingerprint density at radius 1 is 1.06 bits per heavy atom. The molecule has 1 fully saturated rings.